The van der Waals surface area contributed by atoms with Crippen molar-refractivity contribution in [1.29, 1.82) is 0 Å². The SMILES string of the molecule is CCCOC(=O)COC. The molecule has 0 aliphatic carbocycles. The Morgan fingerprint density at radius 3 is 2.67 bits per heavy atom. The highest BCUT2D eigenvalue weighted by atomic mass is 16.6. The lowest BCUT2D eigenvalue weighted by molar-refractivity contribution is -0.147. The Morgan fingerprint density at radius 1 is 1.56 bits per heavy atom. The van der Waals surface area contributed by atoms with E-state index >= 15 is 0 Å². The van der Waals surface area contributed by atoms with Crippen LogP contribution < -0.4 is 0 Å². The van der Waals surface area contributed by atoms with E-state index in [0.717, 1.165) is 6.42 Å². The van der Waals surface area contributed by atoms with Crippen LogP contribution in [0.25, 0.3) is 0 Å². The molecule has 0 heterocycles. The highest BCUT2D eigenvalue weighted by Crippen LogP contribution is 1.81. The normalized spacial score (nSPS) is 9.11. The second-order valence-corrected chi connectivity index (χ2v) is 1.65. The van der Waals surface area contributed by atoms with E-state index in [2.05, 4.69) is 9.47 Å². The summed E-state index contributed by atoms with van der Waals surface area (Å²) >= 11 is 0. The molecule has 0 saturated carbocycles. The maximum atomic E-state index is 10.5. The van der Waals surface area contributed by atoms with E-state index in [1.54, 1.807) is 0 Å². The van der Waals surface area contributed by atoms with Gasteiger partial charge in [0.2, 0.25) is 0 Å². The summed E-state index contributed by atoms with van der Waals surface area (Å²) in [4.78, 5) is 10.5. The van der Waals surface area contributed by atoms with Crippen molar-refractivity contribution in [2.24, 2.45) is 0 Å². The quantitative estimate of drug-likeness (QED) is 0.525. The molecule has 0 spiro atoms. The molecule has 0 aliphatic heterocycles. The second kappa shape index (κ2) is 5.56. The summed E-state index contributed by atoms with van der Waals surface area (Å²) in [6.07, 6.45) is 0.857. The lowest BCUT2D eigenvalue weighted by Gasteiger charge is -1.99. The molecule has 0 atom stereocenters. The van der Waals surface area contributed by atoms with Crippen molar-refractivity contribution in [2.45, 2.75) is 13.3 Å². The highest BCUT2D eigenvalue weighted by molar-refractivity contribution is 5.70. The van der Waals surface area contributed by atoms with E-state index < -0.39 is 0 Å². The van der Waals surface area contributed by atoms with Crippen LogP contribution in [-0.2, 0) is 14.3 Å². The minimum Gasteiger partial charge on any atom is -0.464 e. The standard InChI is InChI=1S/C6H12O3/c1-3-4-9-6(7)5-8-2/h3-5H2,1-2H3. The van der Waals surface area contributed by atoms with Gasteiger partial charge in [-0.05, 0) is 6.42 Å². The van der Waals surface area contributed by atoms with Crippen molar-refractivity contribution in [3.63, 3.8) is 0 Å². The molecule has 0 amide bonds. The molecule has 0 radical (unpaired) electrons. The summed E-state index contributed by atoms with van der Waals surface area (Å²) in [5.41, 5.74) is 0. The Labute approximate surface area is 55.0 Å². The van der Waals surface area contributed by atoms with Gasteiger partial charge in [0.05, 0.1) is 6.61 Å². The van der Waals surface area contributed by atoms with Gasteiger partial charge in [-0.3, -0.25) is 0 Å². The molecule has 0 saturated heterocycles. The Kier molecular flexibility index (Phi) is 5.21. The number of carbonyl (C=O) groups is 1. The molecule has 0 unspecified atom stereocenters. The average molecular weight is 132 g/mol. The third-order valence-corrected chi connectivity index (χ3v) is 0.729. The number of carbonyl (C=O) groups excluding carboxylic acids is 1. The van der Waals surface area contributed by atoms with Gasteiger partial charge in [0, 0.05) is 7.11 Å². The molecule has 0 aliphatic rings. The van der Waals surface area contributed by atoms with Gasteiger partial charge in [0.1, 0.15) is 6.61 Å². The molecule has 0 aromatic rings. The van der Waals surface area contributed by atoms with Crippen LogP contribution >= 0.6 is 0 Å². The first kappa shape index (κ1) is 8.43. The van der Waals surface area contributed by atoms with Gasteiger partial charge >= 0.3 is 5.97 Å². The van der Waals surface area contributed by atoms with Gasteiger partial charge < -0.3 is 9.47 Å². The number of ether oxygens (including phenoxy) is 2. The molecule has 0 aromatic carbocycles. The summed E-state index contributed by atoms with van der Waals surface area (Å²) in [6, 6.07) is 0. The summed E-state index contributed by atoms with van der Waals surface area (Å²) in [5.74, 6) is -0.292. The lowest BCUT2D eigenvalue weighted by atomic mass is 10.5. The van der Waals surface area contributed by atoms with Crippen LogP contribution in [-0.4, -0.2) is 26.3 Å². The van der Waals surface area contributed by atoms with E-state index in [9.17, 15) is 4.79 Å². The van der Waals surface area contributed by atoms with E-state index in [1.807, 2.05) is 6.92 Å². The number of methoxy groups -OCH3 is 1. The van der Waals surface area contributed by atoms with Crippen LogP contribution in [0.3, 0.4) is 0 Å². The number of esters is 1. The van der Waals surface area contributed by atoms with Crippen molar-refractivity contribution in [2.75, 3.05) is 20.3 Å². The van der Waals surface area contributed by atoms with Crippen molar-refractivity contribution < 1.29 is 14.3 Å². The molecule has 0 rings (SSSR count). The predicted molar refractivity (Wildman–Crippen MR) is 33.1 cm³/mol. The molecule has 3 heteroatoms. The van der Waals surface area contributed by atoms with Gasteiger partial charge in [0.25, 0.3) is 0 Å². The maximum absolute atomic E-state index is 10.5. The molecule has 54 valence electrons. The summed E-state index contributed by atoms with van der Waals surface area (Å²) in [6.45, 7) is 2.49. The fraction of sp³-hybridized carbons (Fsp3) is 0.833. The fourth-order valence-electron chi connectivity index (χ4n) is 0.375. The van der Waals surface area contributed by atoms with Crippen LogP contribution in [0.5, 0.6) is 0 Å². The fourth-order valence-corrected chi connectivity index (χ4v) is 0.375. The van der Waals surface area contributed by atoms with E-state index in [0.29, 0.717) is 6.61 Å². The largest absolute Gasteiger partial charge is 0.464 e. The van der Waals surface area contributed by atoms with Crippen LogP contribution in [0.1, 0.15) is 13.3 Å². The maximum Gasteiger partial charge on any atom is 0.332 e. The Morgan fingerprint density at radius 2 is 2.22 bits per heavy atom. The summed E-state index contributed by atoms with van der Waals surface area (Å²) in [5, 5.41) is 0. The first-order valence-corrected chi connectivity index (χ1v) is 2.95. The zero-order chi connectivity index (χ0) is 7.11. The molecular weight excluding hydrogens is 120 g/mol. The van der Waals surface area contributed by atoms with E-state index in [4.69, 9.17) is 0 Å². The van der Waals surface area contributed by atoms with Crippen LogP contribution in [0.4, 0.5) is 0 Å². The highest BCUT2D eigenvalue weighted by Gasteiger charge is 1.97. The van der Waals surface area contributed by atoms with Crippen LogP contribution in [0.15, 0.2) is 0 Å². The number of rotatable bonds is 4. The van der Waals surface area contributed by atoms with Gasteiger partial charge in [0.15, 0.2) is 0 Å². The summed E-state index contributed by atoms with van der Waals surface area (Å²) in [7, 11) is 1.47. The average Bonchev–Trinajstić information content (AvgIpc) is 1.85. The van der Waals surface area contributed by atoms with Crippen molar-refractivity contribution in [1.82, 2.24) is 0 Å². The minimum atomic E-state index is -0.292. The first-order chi connectivity index (χ1) is 4.31. The molecule has 0 bridgehead atoms. The molecule has 0 fully saturated rings. The smallest absolute Gasteiger partial charge is 0.332 e. The van der Waals surface area contributed by atoms with Crippen molar-refractivity contribution in [3.05, 3.63) is 0 Å². The monoisotopic (exact) mass is 132 g/mol. The van der Waals surface area contributed by atoms with Gasteiger partial charge in [-0.25, -0.2) is 4.79 Å². The third kappa shape index (κ3) is 5.30. The first-order valence-electron chi connectivity index (χ1n) is 2.95. The van der Waals surface area contributed by atoms with E-state index in [1.165, 1.54) is 7.11 Å². The Bertz CT molecular complexity index is 80.4. The van der Waals surface area contributed by atoms with Crippen LogP contribution in [0, 0.1) is 0 Å². The van der Waals surface area contributed by atoms with E-state index in [-0.39, 0.29) is 12.6 Å². The molecule has 0 aromatic heterocycles. The summed E-state index contributed by atoms with van der Waals surface area (Å²) < 4.78 is 9.19. The predicted octanol–water partition coefficient (Wildman–Crippen LogP) is 0.586. The Hall–Kier alpha value is -0.570. The molecule has 0 N–H and O–H groups in total. The molecule has 9 heavy (non-hydrogen) atoms. The van der Waals surface area contributed by atoms with Gasteiger partial charge in [-0.1, -0.05) is 6.92 Å². The molecular formula is C6H12O3. The van der Waals surface area contributed by atoms with Gasteiger partial charge in [-0.2, -0.15) is 0 Å². The zero-order valence-corrected chi connectivity index (χ0v) is 5.85. The van der Waals surface area contributed by atoms with Crippen molar-refractivity contribution in [3.8, 4) is 0 Å². The third-order valence-electron chi connectivity index (χ3n) is 0.729. The zero-order valence-electron chi connectivity index (χ0n) is 5.85. The minimum absolute atomic E-state index is 0.0556. The van der Waals surface area contributed by atoms with Crippen molar-refractivity contribution >= 4 is 5.97 Å². The molecule has 3 nitrogen and oxygen atoms in total. The second-order valence-electron chi connectivity index (χ2n) is 1.65. The topological polar surface area (TPSA) is 35.5 Å². The van der Waals surface area contributed by atoms with Gasteiger partial charge in [-0.15, -0.1) is 0 Å². The number of hydrogen-bond acceptors (Lipinski definition) is 3. The lowest BCUT2D eigenvalue weighted by Crippen LogP contribution is -2.11. The number of hydrogen-bond donors (Lipinski definition) is 0. The van der Waals surface area contributed by atoms with Crippen LogP contribution in [0.2, 0.25) is 0 Å². The Balaban J connectivity index is 3.06.